The van der Waals surface area contributed by atoms with Gasteiger partial charge >= 0.3 is 0 Å². The van der Waals surface area contributed by atoms with Crippen molar-refractivity contribution in [2.75, 3.05) is 5.75 Å². The largest absolute Gasteiger partial charge is 0.353 e. The predicted molar refractivity (Wildman–Crippen MR) is 90.0 cm³/mol. The summed E-state index contributed by atoms with van der Waals surface area (Å²) in [7, 11) is 0. The van der Waals surface area contributed by atoms with Gasteiger partial charge in [-0.2, -0.15) is 0 Å². The summed E-state index contributed by atoms with van der Waals surface area (Å²) in [6.45, 7) is 10.2. The maximum absolute atomic E-state index is 11.7. The van der Waals surface area contributed by atoms with E-state index in [1.165, 1.54) is 33.8 Å². The van der Waals surface area contributed by atoms with Crippen LogP contribution in [0.25, 0.3) is 10.9 Å². The number of rotatable bonds is 4. The summed E-state index contributed by atoms with van der Waals surface area (Å²) in [5.41, 5.74) is 4.70. The molecule has 0 unspecified atom stereocenters. The van der Waals surface area contributed by atoms with Gasteiger partial charge in [-0.3, -0.25) is 4.79 Å². The third-order valence-electron chi connectivity index (χ3n) is 3.49. The molecule has 0 atom stereocenters. The number of aryl methyl sites for hydroxylation is 3. The van der Waals surface area contributed by atoms with Crippen LogP contribution in [0, 0.1) is 20.8 Å². The third-order valence-corrected chi connectivity index (χ3v) is 4.40. The van der Waals surface area contributed by atoms with Crippen molar-refractivity contribution >= 4 is 28.6 Å². The number of amides is 1. The van der Waals surface area contributed by atoms with E-state index in [2.05, 4.69) is 44.3 Å². The number of hydrogen-bond donors (Lipinski definition) is 1. The SMILES string of the molecule is Cc1ccc2c(C)cc(SCC(=O)NC(C)C)nc2c1C. The molecule has 21 heavy (non-hydrogen) atoms. The number of carbonyl (C=O) groups excluding carboxylic acids is 1. The van der Waals surface area contributed by atoms with Crippen molar-refractivity contribution in [3.05, 3.63) is 34.9 Å². The number of aromatic nitrogens is 1. The Morgan fingerprint density at radius 2 is 1.95 bits per heavy atom. The Kier molecular flexibility index (Phi) is 4.88. The van der Waals surface area contributed by atoms with Crippen LogP contribution in [0.15, 0.2) is 23.2 Å². The number of nitrogens with one attached hydrogen (secondary N) is 1. The monoisotopic (exact) mass is 302 g/mol. The maximum Gasteiger partial charge on any atom is 0.230 e. The first-order valence-corrected chi connectivity index (χ1v) is 8.16. The van der Waals surface area contributed by atoms with Crippen molar-refractivity contribution in [2.24, 2.45) is 0 Å². The fraction of sp³-hybridized carbons (Fsp3) is 0.412. The van der Waals surface area contributed by atoms with Crippen LogP contribution in [-0.4, -0.2) is 22.7 Å². The summed E-state index contributed by atoms with van der Waals surface area (Å²) in [6.07, 6.45) is 0. The van der Waals surface area contributed by atoms with Gasteiger partial charge in [0.05, 0.1) is 16.3 Å². The van der Waals surface area contributed by atoms with Crippen molar-refractivity contribution in [1.82, 2.24) is 10.3 Å². The lowest BCUT2D eigenvalue weighted by molar-refractivity contribution is -0.119. The molecule has 1 N–H and O–H groups in total. The molecule has 0 aliphatic rings. The van der Waals surface area contributed by atoms with Crippen LogP contribution in [0.2, 0.25) is 0 Å². The fourth-order valence-electron chi connectivity index (χ4n) is 2.25. The second kappa shape index (κ2) is 6.48. The summed E-state index contributed by atoms with van der Waals surface area (Å²) in [5.74, 6) is 0.455. The number of pyridine rings is 1. The average Bonchev–Trinajstić information content (AvgIpc) is 2.40. The average molecular weight is 302 g/mol. The number of fused-ring (bicyclic) bond motifs is 1. The molecule has 2 rings (SSSR count). The lowest BCUT2D eigenvalue weighted by Gasteiger charge is -2.11. The molecule has 0 aliphatic carbocycles. The molecule has 0 saturated heterocycles. The van der Waals surface area contributed by atoms with Crippen molar-refractivity contribution in [2.45, 2.75) is 45.7 Å². The number of thioether (sulfide) groups is 1. The highest BCUT2D eigenvalue weighted by Crippen LogP contribution is 2.27. The van der Waals surface area contributed by atoms with Gasteiger partial charge in [-0.05, 0) is 57.4 Å². The molecule has 1 aromatic carbocycles. The Hall–Kier alpha value is -1.55. The van der Waals surface area contributed by atoms with Gasteiger partial charge in [0.1, 0.15) is 0 Å². The van der Waals surface area contributed by atoms with Crippen LogP contribution in [0.4, 0.5) is 0 Å². The van der Waals surface area contributed by atoms with Gasteiger partial charge in [-0.15, -0.1) is 0 Å². The van der Waals surface area contributed by atoms with Crippen molar-refractivity contribution in [3.63, 3.8) is 0 Å². The minimum absolute atomic E-state index is 0.0514. The van der Waals surface area contributed by atoms with Crippen molar-refractivity contribution in [3.8, 4) is 0 Å². The van der Waals surface area contributed by atoms with Crippen LogP contribution < -0.4 is 5.32 Å². The lowest BCUT2D eigenvalue weighted by Crippen LogP contribution is -2.31. The minimum Gasteiger partial charge on any atom is -0.353 e. The molecule has 1 aromatic heterocycles. The molecule has 3 nitrogen and oxygen atoms in total. The number of benzene rings is 1. The molecule has 1 heterocycles. The van der Waals surface area contributed by atoms with Crippen LogP contribution in [0.5, 0.6) is 0 Å². The summed E-state index contributed by atoms with van der Waals surface area (Å²) >= 11 is 1.49. The molecule has 4 heteroatoms. The van der Waals surface area contributed by atoms with Crippen molar-refractivity contribution in [1.29, 1.82) is 0 Å². The zero-order valence-corrected chi connectivity index (χ0v) is 14.1. The highest BCUT2D eigenvalue weighted by Gasteiger charge is 2.09. The van der Waals surface area contributed by atoms with Gasteiger partial charge in [-0.25, -0.2) is 4.98 Å². The van der Waals surface area contributed by atoms with Crippen LogP contribution in [0.1, 0.15) is 30.5 Å². The number of carbonyl (C=O) groups is 1. The van der Waals surface area contributed by atoms with Crippen LogP contribution in [0.3, 0.4) is 0 Å². The Bertz CT molecular complexity index is 680. The van der Waals surface area contributed by atoms with Crippen LogP contribution in [-0.2, 0) is 4.79 Å². The molecule has 0 saturated carbocycles. The Balaban J connectivity index is 2.25. The maximum atomic E-state index is 11.7. The smallest absolute Gasteiger partial charge is 0.230 e. The lowest BCUT2D eigenvalue weighted by atomic mass is 10.0. The first-order valence-electron chi connectivity index (χ1n) is 7.18. The van der Waals surface area contributed by atoms with Gasteiger partial charge < -0.3 is 5.32 Å². The number of hydrogen-bond acceptors (Lipinski definition) is 3. The molecular formula is C17H22N2OS. The standard InChI is InChI=1S/C17H22N2OS/c1-10(2)18-15(20)9-21-16-8-12(4)14-7-6-11(3)13(5)17(14)19-16/h6-8,10H,9H2,1-5H3,(H,18,20). The zero-order chi connectivity index (χ0) is 15.6. The summed E-state index contributed by atoms with van der Waals surface area (Å²) in [5, 5.41) is 5.00. The predicted octanol–water partition coefficient (Wildman–Crippen LogP) is 3.78. The normalized spacial score (nSPS) is 11.1. The Morgan fingerprint density at radius 1 is 1.24 bits per heavy atom. The van der Waals surface area contributed by atoms with Crippen LogP contribution >= 0.6 is 11.8 Å². The number of nitrogens with zero attached hydrogens (tertiary/aromatic N) is 1. The molecule has 0 spiro atoms. The summed E-state index contributed by atoms with van der Waals surface area (Å²) in [4.78, 5) is 16.5. The first kappa shape index (κ1) is 15.8. The van der Waals surface area contributed by atoms with E-state index in [1.54, 1.807) is 0 Å². The zero-order valence-electron chi connectivity index (χ0n) is 13.3. The van der Waals surface area contributed by atoms with Gasteiger partial charge in [-0.1, -0.05) is 23.9 Å². The van der Waals surface area contributed by atoms with E-state index in [1.807, 2.05) is 13.8 Å². The van der Waals surface area contributed by atoms with E-state index in [-0.39, 0.29) is 11.9 Å². The van der Waals surface area contributed by atoms with E-state index in [0.717, 1.165) is 10.5 Å². The van der Waals surface area contributed by atoms with Gasteiger partial charge in [0, 0.05) is 11.4 Å². The second-order valence-electron chi connectivity index (χ2n) is 5.69. The molecule has 0 radical (unpaired) electrons. The molecular weight excluding hydrogens is 280 g/mol. The molecule has 2 aromatic rings. The van der Waals surface area contributed by atoms with Gasteiger partial charge in [0.15, 0.2) is 0 Å². The van der Waals surface area contributed by atoms with E-state index >= 15 is 0 Å². The molecule has 1 amide bonds. The fourth-order valence-corrected chi connectivity index (χ4v) is 3.02. The molecule has 112 valence electrons. The topological polar surface area (TPSA) is 42.0 Å². The summed E-state index contributed by atoms with van der Waals surface area (Å²) < 4.78 is 0. The molecule has 0 aliphatic heterocycles. The minimum atomic E-state index is 0.0514. The Labute approximate surface area is 130 Å². The van der Waals surface area contributed by atoms with Crippen molar-refractivity contribution < 1.29 is 4.79 Å². The first-order chi connectivity index (χ1) is 9.88. The third kappa shape index (κ3) is 3.76. The Morgan fingerprint density at radius 3 is 2.62 bits per heavy atom. The van der Waals surface area contributed by atoms with E-state index in [0.29, 0.717) is 5.75 Å². The summed E-state index contributed by atoms with van der Waals surface area (Å²) in [6, 6.07) is 6.49. The van der Waals surface area contributed by atoms with Gasteiger partial charge in [0.2, 0.25) is 5.91 Å². The molecule has 0 bridgehead atoms. The highest BCUT2D eigenvalue weighted by atomic mass is 32.2. The quantitative estimate of drug-likeness (QED) is 0.874. The van der Waals surface area contributed by atoms with Gasteiger partial charge in [0.25, 0.3) is 0 Å². The van der Waals surface area contributed by atoms with E-state index in [9.17, 15) is 4.79 Å². The highest BCUT2D eigenvalue weighted by molar-refractivity contribution is 7.99. The van der Waals surface area contributed by atoms with E-state index in [4.69, 9.17) is 4.98 Å². The second-order valence-corrected chi connectivity index (χ2v) is 6.69. The molecule has 0 fully saturated rings. The van der Waals surface area contributed by atoms with E-state index < -0.39 is 0 Å².